The number of rotatable bonds is 6. The fourth-order valence-corrected chi connectivity index (χ4v) is 4.60. The van der Waals surface area contributed by atoms with Crippen LogP contribution in [0.3, 0.4) is 0 Å². The number of aromatic nitrogens is 1. The molecule has 0 aliphatic carbocycles. The van der Waals surface area contributed by atoms with Crippen LogP contribution in [-0.4, -0.2) is 66.9 Å². The number of morpholine rings is 1. The summed E-state index contributed by atoms with van der Waals surface area (Å²) >= 11 is 12.4. The first-order valence-electron chi connectivity index (χ1n) is 12.2. The molecule has 2 aromatic carbocycles. The van der Waals surface area contributed by atoms with E-state index in [0.29, 0.717) is 64.9 Å². The van der Waals surface area contributed by atoms with Gasteiger partial charge in [-0.25, -0.2) is 4.98 Å². The number of nitrogens with zero attached hydrogens (tertiary/aromatic N) is 3. The van der Waals surface area contributed by atoms with Gasteiger partial charge < -0.3 is 25.2 Å². The summed E-state index contributed by atoms with van der Waals surface area (Å²) in [5, 5.41) is 14.8. The highest BCUT2D eigenvalue weighted by Crippen LogP contribution is 2.35. The summed E-state index contributed by atoms with van der Waals surface area (Å²) in [6.07, 6.45) is 2.52. The van der Waals surface area contributed by atoms with Crippen LogP contribution in [-0.2, 0) is 4.74 Å². The van der Waals surface area contributed by atoms with Gasteiger partial charge in [0.2, 0.25) is 0 Å². The van der Waals surface area contributed by atoms with E-state index < -0.39 is 5.91 Å². The molecule has 2 aliphatic rings. The summed E-state index contributed by atoms with van der Waals surface area (Å²) in [6, 6.07) is 13.4. The lowest BCUT2D eigenvalue weighted by Crippen LogP contribution is -2.42. The van der Waals surface area contributed by atoms with Gasteiger partial charge in [-0.2, -0.15) is 0 Å². The van der Waals surface area contributed by atoms with Gasteiger partial charge in [0.1, 0.15) is 11.7 Å². The molecular weight excluding hydrogens is 527 g/mol. The Hall–Kier alpha value is -3.66. The number of benzene rings is 2. The van der Waals surface area contributed by atoms with Crippen molar-refractivity contribution in [1.29, 1.82) is 5.41 Å². The second kappa shape index (κ2) is 11.4. The minimum absolute atomic E-state index is 0.195. The van der Waals surface area contributed by atoms with Gasteiger partial charge in [-0.1, -0.05) is 35.3 Å². The van der Waals surface area contributed by atoms with Crippen molar-refractivity contribution in [1.82, 2.24) is 9.88 Å². The van der Waals surface area contributed by atoms with Crippen LogP contribution in [0.5, 0.6) is 0 Å². The molecule has 2 amide bonds. The predicted molar refractivity (Wildman–Crippen MR) is 149 cm³/mol. The summed E-state index contributed by atoms with van der Waals surface area (Å²) in [5.41, 5.74) is 2.31. The molecule has 11 heteroatoms. The standard InChI is InChI=1S/C27H26Cl2N6O3/c28-19-6-7-23(31-16-19)32-27(37)21-14-20(29)15-22(34-10-12-38-13-11-34)24(21)33-26(36)18-4-2-17(3-5-18)25(30)35-8-1-9-35/h2-7,14-16,30H,1,8-13H2,(H,33,36)(H,31,32,37). The molecule has 3 aromatic rings. The van der Waals surface area contributed by atoms with Gasteiger partial charge in [0.05, 0.1) is 35.2 Å². The Kier molecular flexibility index (Phi) is 7.78. The van der Waals surface area contributed by atoms with Gasteiger partial charge in [-0.15, -0.1) is 0 Å². The van der Waals surface area contributed by atoms with Gasteiger partial charge >= 0.3 is 0 Å². The van der Waals surface area contributed by atoms with E-state index in [1.54, 1.807) is 42.5 Å². The first-order chi connectivity index (χ1) is 18.4. The summed E-state index contributed by atoms with van der Waals surface area (Å²) < 4.78 is 5.49. The van der Waals surface area contributed by atoms with Crippen molar-refractivity contribution < 1.29 is 14.3 Å². The van der Waals surface area contributed by atoms with Gasteiger partial charge in [0, 0.05) is 48.5 Å². The minimum Gasteiger partial charge on any atom is -0.378 e. The first kappa shape index (κ1) is 26.0. The monoisotopic (exact) mass is 552 g/mol. The minimum atomic E-state index is -0.481. The fraction of sp³-hybridized carbons (Fsp3) is 0.259. The largest absolute Gasteiger partial charge is 0.378 e. The van der Waals surface area contributed by atoms with Gasteiger partial charge in [-0.3, -0.25) is 15.0 Å². The molecule has 0 saturated carbocycles. The molecule has 3 heterocycles. The van der Waals surface area contributed by atoms with Gasteiger partial charge in [0.25, 0.3) is 11.8 Å². The molecule has 1 aromatic heterocycles. The Bertz CT molecular complexity index is 1350. The fourth-order valence-electron chi connectivity index (χ4n) is 4.28. The van der Waals surface area contributed by atoms with E-state index in [9.17, 15) is 9.59 Å². The lowest BCUT2D eigenvalue weighted by Gasteiger charge is -2.33. The van der Waals surface area contributed by atoms with Crippen LogP contribution in [0.2, 0.25) is 10.0 Å². The maximum absolute atomic E-state index is 13.4. The molecule has 9 nitrogen and oxygen atoms in total. The molecule has 0 spiro atoms. The second-order valence-electron chi connectivity index (χ2n) is 8.98. The number of nitrogens with one attached hydrogen (secondary N) is 3. The number of hydrogen-bond acceptors (Lipinski definition) is 6. The number of anilines is 3. The molecule has 0 bridgehead atoms. The lowest BCUT2D eigenvalue weighted by atomic mass is 10.1. The number of hydrogen-bond donors (Lipinski definition) is 3. The van der Waals surface area contributed by atoms with Crippen molar-refractivity contribution in [2.75, 3.05) is 54.9 Å². The number of halogens is 2. The van der Waals surface area contributed by atoms with Crippen molar-refractivity contribution >= 4 is 58.0 Å². The molecule has 0 unspecified atom stereocenters. The smallest absolute Gasteiger partial charge is 0.259 e. The topological polar surface area (TPSA) is 111 Å². The number of amides is 2. The summed E-state index contributed by atoms with van der Waals surface area (Å²) in [6.45, 7) is 3.93. The maximum atomic E-state index is 13.4. The predicted octanol–water partition coefficient (Wildman–Crippen LogP) is 4.76. The van der Waals surface area contributed by atoms with Crippen LogP contribution in [0.4, 0.5) is 17.2 Å². The van der Waals surface area contributed by atoms with Crippen LogP contribution in [0.25, 0.3) is 0 Å². The van der Waals surface area contributed by atoms with Gasteiger partial charge in [0.15, 0.2) is 0 Å². The molecule has 2 aliphatic heterocycles. The Morgan fingerprint density at radius 2 is 1.58 bits per heavy atom. The molecule has 38 heavy (non-hydrogen) atoms. The van der Waals surface area contributed by atoms with Crippen LogP contribution in [0.1, 0.15) is 32.7 Å². The lowest BCUT2D eigenvalue weighted by molar-refractivity contribution is 0.102. The molecule has 196 valence electrons. The Labute approximate surface area is 230 Å². The highest BCUT2D eigenvalue weighted by molar-refractivity contribution is 6.32. The van der Waals surface area contributed by atoms with Crippen molar-refractivity contribution in [3.63, 3.8) is 0 Å². The highest BCUT2D eigenvalue weighted by atomic mass is 35.5. The number of likely N-dealkylation sites (tertiary alicyclic amines) is 1. The van der Waals surface area contributed by atoms with E-state index >= 15 is 0 Å². The third-order valence-corrected chi connectivity index (χ3v) is 6.92. The molecule has 5 rings (SSSR count). The van der Waals surface area contributed by atoms with E-state index in [1.807, 2.05) is 9.80 Å². The molecule has 0 atom stereocenters. The van der Waals surface area contributed by atoms with E-state index in [-0.39, 0.29) is 11.5 Å². The normalized spacial score (nSPS) is 15.0. The molecule has 0 radical (unpaired) electrons. The molecule has 3 N–H and O–H groups in total. The Balaban J connectivity index is 1.45. The molecular formula is C27H26Cl2N6O3. The van der Waals surface area contributed by atoms with Crippen LogP contribution in [0.15, 0.2) is 54.7 Å². The molecule has 2 saturated heterocycles. The van der Waals surface area contributed by atoms with Crippen LogP contribution >= 0.6 is 23.2 Å². The van der Waals surface area contributed by atoms with Crippen molar-refractivity contribution in [2.45, 2.75) is 6.42 Å². The Morgan fingerprint density at radius 3 is 2.21 bits per heavy atom. The molecule has 2 fully saturated rings. The van der Waals surface area contributed by atoms with Crippen molar-refractivity contribution in [3.8, 4) is 0 Å². The average molecular weight is 553 g/mol. The number of carbonyl (C=O) groups excluding carboxylic acids is 2. The SMILES string of the molecule is N=C(c1ccc(C(=O)Nc2c(C(=O)Nc3ccc(Cl)cn3)cc(Cl)cc2N2CCOCC2)cc1)N1CCC1. The zero-order valence-corrected chi connectivity index (χ0v) is 22.0. The quantitative estimate of drug-likeness (QED) is 0.300. The number of pyridine rings is 1. The second-order valence-corrected chi connectivity index (χ2v) is 9.86. The van der Waals surface area contributed by atoms with Gasteiger partial charge in [-0.05, 0) is 42.8 Å². The van der Waals surface area contributed by atoms with E-state index in [0.717, 1.165) is 25.1 Å². The maximum Gasteiger partial charge on any atom is 0.259 e. The first-order valence-corrected chi connectivity index (χ1v) is 13.0. The Morgan fingerprint density at radius 1 is 0.868 bits per heavy atom. The third kappa shape index (κ3) is 5.75. The third-order valence-electron chi connectivity index (χ3n) is 6.48. The zero-order chi connectivity index (χ0) is 26.6. The number of ether oxygens (including phenoxy) is 1. The summed E-state index contributed by atoms with van der Waals surface area (Å²) in [5.74, 6) is -0.108. The number of amidine groups is 1. The van der Waals surface area contributed by atoms with E-state index in [2.05, 4.69) is 15.6 Å². The number of carbonyl (C=O) groups is 2. The van der Waals surface area contributed by atoms with Crippen LogP contribution < -0.4 is 15.5 Å². The zero-order valence-electron chi connectivity index (χ0n) is 20.5. The summed E-state index contributed by atoms with van der Waals surface area (Å²) in [4.78, 5) is 34.9. The highest BCUT2D eigenvalue weighted by Gasteiger charge is 2.24. The van der Waals surface area contributed by atoms with E-state index in [1.165, 1.54) is 12.3 Å². The summed E-state index contributed by atoms with van der Waals surface area (Å²) in [7, 11) is 0. The average Bonchev–Trinajstić information content (AvgIpc) is 2.90. The van der Waals surface area contributed by atoms with Crippen LogP contribution in [0, 0.1) is 5.41 Å². The van der Waals surface area contributed by atoms with Crippen molar-refractivity contribution in [3.05, 3.63) is 81.5 Å². The van der Waals surface area contributed by atoms with Crippen molar-refractivity contribution in [2.24, 2.45) is 0 Å². The van der Waals surface area contributed by atoms with E-state index in [4.69, 9.17) is 33.3 Å².